The number of ether oxygens (including phenoxy) is 2. The van der Waals surface area contributed by atoms with Crippen LogP contribution < -0.4 is 10.3 Å². The normalized spacial score (nSPS) is 13.5. The number of unbranched alkanes of at least 4 members (excludes halogenated alkanes) is 2. The van der Waals surface area contributed by atoms with E-state index in [4.69, 9.17) is 9.47 Å². The van der Waals surface area contributed by atoms with Gasteiger partial charge in [-0.25, -0.2) is 13.1 Å². The number of aromatic nitrogens is 1. The van der Waals surface area contributed by atoms with Crippen LogP contribution >= 0.6 is 0 Å². The zero-order valence-corrected chi connectivity index (χ0v) is 30.6. The summed E-state index contributed by atoms with van der Waals surface area (Å²) in [5, 5.41) is 28.8. The lowest BCUT2D eigenvalue weighted by Gasteiger charge is -2.19. The third-order valence-electron chi connectivity index (χ3n) is 8.28. The summed E-state index contributed by atoms with van der Waals surface area (Å²) in [6.07, 6.45) is 4.72. The summed E-state index contributed by atoms with van der Waals surface area (Å²) in [6.45, 7) is 12.6. The Balaban J connectivity index is 2.08. The first kappa shape index (κ1) is 41.1. The number of carbonyl (C=O) groups is 2. The van der Waals surface area contributed by atoms with Crippen molar-refractivity contribution < 1.29 is 32.6 Å². The largest absolute Gasteiger partial charge is 0.493 e. The number of rotatable bonds is 20. The Morgan fingerprint density at radius 3 is 2.18 bits per heavy atom. The Bertz CT molecular complexity index is 1680. The van der Waals surface area contributed by atoms with E-state index >= 15 is 0 Å². The molecule has 0 bridgehead atoms. The molecule has 0 aliphatic rings. The standard InChI is InChI=1S/C35H51N5O8S/c1-8-11-14-27(10-3)22-40-34(43)29(20-36)26(7)33(35(40)44)39-38-28-17-18-30(23(4)19-28)49(45,46)37-21-25(6)48-32(42)16-13-12-15-31(41)47-24(5)9-2/h17-19,24-25,27,37,43H,8-16,21-22H2,1-7H3. The molecule has 2 N–H and O–H groups in total. The smallest absolute Gasteiger partial charge is 0.306 e. The van der Waals surface area contributed by atoms with Gasteiger partial charge in [-0.1, -0.05) is 40.0 Å². The van der Waals surface area contributed by atoms with Crippen LogP contribution in [0.25, 0.3) is 0 Å². The minimum atomic E-state index is -3.98. The molecule has 0 fully saturated rings. The van der Waals surface area contributed by atoms with Crippen molar-refractivity contribution in [2.75, 3.05) is 6.54 Å². The number of azo groups is 1. The Kier molecular flexibility index (Phi) is 16.6. The quantitative estimate of drug-likeness (QED) is 0.0851. The number of nitriles is 1. The van der Waals surface area contributed by atoms with Crippen molar-refractivity contribution in [2.24, 2.45) is 16.1 Å². The van der Waals surface area contributed by atoms with E-state index < -0.39 is 33.5 Å². The van der Waals surface area contributed by atoms with Gasteiger partial charge in [0.1, 0.15) is 17.7 Å². The number of hydrogen-bond donors (Lipinski definition) is 2. The number of aryl methyl sites for hydroxylation is 1. The number of benzene rings is 1. The van der Waals surface area contributed by atoms with Gasteiger partial charge in [-0.2, -0.15) is 10.4 Å². The van der Waals surface area contributed by atoms with Crippen molar-refractivity contribution in [1.29, 1.82) is 5.26 Å². The number of esters is 2. The van der Waals surface area contributed by atoms with Crippen LogP contribution in [0.15, 0.2) is 38.1 Å². The molecule has 0 saturated heterocycles. The molecule has 1 aromatic carbocycles. The first-order chi connectivity index (χ1) is 23.2. The number of carbonyl (C=O) groups excluding carboxylic acids is 2. The molecule has 0 aliphatic carbocycles. The predicted octanol–water partition coefficient (Wildman–Crippen LogP) is 6.79. The number of pyridine rings is 1. The minimum Gasteiger partial charge on any atom is -0.493 e. The predicted molar refractivity (Wildman–Crippen MR) is 186 cm³/mol. The first-order valence-corrected chi connectivity index (χ1v) is 18.4. The second-order valence-corrected chi connectivity index (χ2v) is 14.1. The third-order valence-corrected chi connectivity index (χ3v) is 9.86. The molecule has 2 rings (SSSR count). The second-order valence-electron chi connectivity index (χ2n) is 12.3. The zero-order chi connectivity index (χ0) is 36.7. The number of nitrogens with one attached hydrogen (secondary N) is 1. The van der Waals surface area contributed by atoms with Gasteiger partial charge in [0.25, 0.3) is 5.56 Å². The summed E-state index contributed by atoms with van der Waals surface area (Å²) in [7, 11) is -3.98. The number of hydrogen-bond acceptors (Lipinski definition) is 11. The Labute approximate surface area is 289 Å². The molecule has 49 heavy (non-hydrogen) atoms. The van der Waals surface area contributed by atoms with Crippen molar-refractivity contribution in [3.8, 4) is 11.9 Å². The highest BCUT2D eigenvalue weighted by atomic mass is 32.2. The topological polar surface area (TPSA) is 190 Å². The highest BCUT2D eigenvalue weighted by Gasteiger charge is 2.22. The van der Waals surface area contributed by atoms with Gasteiger partial charge in [0.05, 0.1) is 16.7 Å². The highest BCUT2D eigenvalue weighted by Crippen LogP contribution is 2.29. The van der Waals surface area contributed by atoms with Gasteiger partial charge >= 0.3 is 11.9 Å². The molecule has 3 atom stereocenters. The van der Waals surface area contributed by atoms with Gasteiger partial charge in [-0.05, 0) is 83.1 Å². The van der Waals surface area contributed by atoms with Crippen LogP contribution in [0, 0.1) is 31.1 Å². The molecular weight excluding hydrogens is 650 g/mol. The summed E-state index contributed by atoms with van der Waals surface area (Å²) < 4.78 is 40.3. The maximum absolute atomic E-state index is 13.4. The van der Waals surface area contributed by atoms with Gasteiger partial charge in [-0.15, -0.1) is 5.11 Å². The molecule has 1 heterocycles. The molecule has 0 saturated carbocycles. The fraction of sp³-hybridized carbons (Fsp3) is 0.600. The molecule has 0 aliphatic heterocycles. The van der Waals surface area contributed by atoms with Crippen LogP contribution in [0.1, 0.15) is 109 Å². The monoisotopic (exact) mass is 701 g/mol. The Morgan fingerprint density at radius 1 is 1.00 bits per heavy atom. The molecule has 13 nitrogen and oxygen atoms in total. The molecule has 0 radical (unpaired) electrons. The lowest BCUT2D eigenvalue weighted by molar-refractivity contribution is -0.150. The molecule has 0 amide bonds. The van der Waals surface area contributed by atoms with Crippen molar-refractivity contribution in [2.45, 2.75) is 130 Å². The SMILES string of the molecule is CCCCC(CC)Cn1c(O)c(C#N)c(C)c(N=Nc2ccc(S(=O)(=O)NCC(C)OC(=O)CCCCC(=O)OC(C)CC)c(C)c2)c1=O. The number of aromatic hydroxyl groups is 1. The molecule has 0 spiro atoms. The van der Waals surface area contributed by atoms with Gasteiger partial charge in [0.15, 0.2) is 5.69 Å². The van der Waals surface area contributed by atoms with Gasteiger partial charge in [0.2, 0.25) is 15.9 Å². The minimum absolute atomic E-state index is 0.0122. The number of nitrogens with zero attached hydrogens (tertiary/aromatic N) is 4. The van der Waals surface area contributed by atoms with Crippen LogP contribution in [-0.4, -0.2) is 48.8 Å². The van der Waals surface area contributed by atoms with Crippen molar-refractivity contribution in [3.63, 3.8) is 0 Å². The average Bonchev–Trinajstić information content (AvgIpc) is 3.05. The second kappa shape index (κ2) is 19.8. The van der Waals surface area contributed by atoms with Crippen molar-refractivity contribution in [1.82, 2.24) is 9.29 Å². The molecule has 2 aromatic rings. The van der Waals surface area contributed by atoms with Gasteiger partial charge in [0, 0.05) is 31.5 Å². The Morgan fingerprint density at radius 2 is 1.63 bits per heavy atom. The molecular formula is C35H51N5O8S. The number of sulfonamides is 1. The van der Waals surface area contributed by atoms with E-state index in [2.05, 4.69) is 21.9 Å². The third kappa shape index (κ3) is 12.4. The maximum atomic E-state index is 13.4. The summed E-state index contributed by atoms with van der Waals surface area (Å²) in [4.78, 5) is 37.3. The average molecular weight is 702 g/mol. The van der Waals surface area contributed by atoms with Crippen LogP contribution in [0.5, 0.6) is 5.88 Å². The Hall–Kier alpha value is -4.09. The fourth-order valence-electron chi connectivity index (χ4n) is 5.04. The lowest BCUT2D eigenvalue weighted by Crippen LogP contribution is -2.33. The van der Waals surface area contributed by atoms with Crippen LogP contribution in [0.2, 0.25) is 0 Å². The summed E-state index contributed by atoms with van der Waals surface area (Å²) in [5.74, 6) is -1.06. The van der Waals surface area contributed by atoms with E-state index in [9.17, 15) is 33.2 Å². The summed E-state index contributed by atoms with van der Waals surface area (Å²) >= 11 is 0. The molecule has 14 heteroatoms. The molecule has 1 aromatic heterocycles. The zero-order valence-electron chi connectivity index (χ0n) is 29.7. The molecule has 3 unspecified atom stereocenters. The van der Waals surface area contributed by atoms with Crippen LogP contribution in [0.4, 0.5) is 11.4 Å². The van der Waals surface area contributed by atoms with Crippen molar-refractivity contribution in [3.05, 3.63) is 45.2 Å². The van der Waals surface area contributed by atoms with Crippen LogP contribution in [0.3, 0.4) is 0 Å². The van der Waals surface area contributed by atoms with Gasteiger partial charge < -0.3 is 14.6 Å². The van der Waals surface area contributed by atoms with Gasteiger partial charge in [-0.3, -0.25) is 19.0 Å². The lowest BCUT2D eigenvalue weighted by atomic mass is 9.99. The van der Waals surface area contributed by atoms with E-state index in [0.717, 1.165) is 32.1 Å². The fourth-order valence-corrected chi connectivity index (χ4v) is 6.38. The maximum Gasteiger partial charge on any atom is 0.306 e. The molecule has 270 valence electrons. The summed E-state index contributed by atoms with van der Waals surface area (Å²) in [5.41, 5.74) is 0.135. The first-order valence-electron chi connectivity index (χ1n) is 17.0. The van der Waals surface area contributed by atoms with E-state index in [-0.39, 0.29) is 71.3 Å². The van der Waals surface area contributed by atoms with Crippen LogP contribution in [-0.2, 0) is 35.6 Å². The van der Waals surface area contributed by atoms with E-state index in [1.807, 2.05) is 26.8 Å². The van der Waals surface area contributed by atoms with E-state index in [1.54, 1.807) is 13.8 Å². The van der Waals surface area contributed by atoms with Crippen molar-refractivity contribution >= 4 is 33.3 Å². The summed E-state index contributed by atoms with van der Waals surface area (Å²) in [6, 6.07) is 6.25. The van der Waals surface area contributed by atoms with E-state index in [1.165, 1.54) is 29.7 Å². The highest BCUT2D eigenvalue weighted by molar-refractivity contribution is 7.89. The van der Waals surface area contributed by atoms with E-state index in [0.29, 0.717) is 18.4 Å².